The van der Waals surface area contributed by atoms with Crippen molar-refractivity contribution in [1.29, 1.82) is 0 Å². The average Bonchev–Trinajstić information content (AvgIpc) is 2.50. The Kier molecular flexibility index (Phi) is 4.65. The Morgan fingerprint density at radius 1 is 1.24 bits per heavy atom. The molecule has 0 radical (unpaired) electrons. The van der Waals surface area contributed by atoms with Crippen LogP contribution in [0.4, 0.5) is 10.1 Å². The van der Waals surface area contributed by atoms with Gasteiger partial charge in [0.2, 0.25) is 0 Å². The smallest absolute Gasteiger partial charge is 0.138 e. The largest absolute Gasteiger partial charge is 0.381 e. The van der Waals surface area contributed by atoms with Gasteiger partial charge < -0.3 is 5.32 Å². The number of anilines is 1. The van der Waals surface area contributed by atoms with Crippen molar-refractivity contribution in [2.75, 3.05) is 5.32 Å². The van der Waals surface area contributed by atoms with Crippen molar-refractivity contribution in [2.24, 2.45) is 5.92 Å². The maximum absolute atomic E-state index is 13.4. The second-order valence-electron chi connectivity index (χ2n) is 5.06. The van der Waals surface area contributed by atoms with Gasteiger partial charge in [0.05, 0.1) is 9.26 Å². The Bertz CT molecular complexity index is 380. The average molecular weight is 347 g/mol. The first-order valence-electron chi connectivity index (χ1n) is 6.37. The molecule has 1 saturated carbocycles. The van der Waals surface area contributed by atoms with Gasteiger partial charge in [-0.05, 0) is 59.9 Å². The van der Waals surface area contributed by atoms with Crippen LogP contribution in [0.15, 0.2) is 18.2 Å². The number of hydrogen-bond acceptors (Lipinski definition) is 1. The van der Waals surface area contributed by atoms with Crippen molar-refractivity contribution >= 4 is 28.3 Å². The van der Waals surface area contributed by atoms with Gasteiger partial charge in [-0.25, -0.2) is 4.39 Å². The molecule has 0 amide bonds. The van der Waals surface area contributed by atoms with Crippen LogP contribution >= 0.6 is 22.6 Å². The van der Waals surface area contributed by atoms with Crippen LogP contribution in [0.5, 0.6) is 0 Å². The maximum atomic E-state index is 13.4. The molecule has 0 heterocycles. The highest BCUT2D eigenvalue weighted by Crippen LogP contribution is 2.27. The van der Waals surface area contributed by atoms with Crippen LogP contribution in [-0.2, 0) is 0 Å². The summed E-state index contributed by atoms with van der Waals surface area (Å²) >= 11 is 2.08. The first-order valence-corrected chi connectivity index (χ1v) is 7.45. The summed E-state index contributed by atoms with van der Waals surface area (Å²) in [4.78, 5) is 0. The van der Waals surface area contributed by atoms with Crippen LogP contribution in [0.25, 0.3) is 0 Å². The monoisotopic (exact) mass is 347 g/mol. The van der Waals surface area contributed by atoms with Crippen molar-refractivity contribution in [1.82, 2.24) is 0 Å². The lowest BCUT2D eigenvalue weighted by molar-refractivity contribution is 0.502. The molecule has 1 nitrogen and oxygen atoms in total. The van der Waals surface area contributed by atoms with E-state index in [4.69, 9.17) is 0 Å². The molecule has 2 unspecified atom stereocenters. The summed E-state index contributed by atoms with van der Waals surface area (Å²) in [6.07, 6.45) is 6.30. The number of halogens is 2. The zero-order valence-electron chi connectivity index (χ0n) is 10.2. The Balaban J connectivity index is 2.02. The fraction of sp³-hybridized carbons (Fsp3) is 0.571. The van der Waals surface area contributed by atoms with Gasteiger partial charge >= 0.3 is 0 Å². The van der Waals surface area contributed by atoms with Crippen molar-refractivity contribution in [2.45, 2.75) is 45.1 Å². The first kappa shape index (κ1) is 13.1. The van der Waals surface area contributed by atoms with E-state index in [1.54, 1.807) is 6.07 Å². The lowest BCUT2D eigenvalue weighted by Gasteiger charge is -2.19. The molecule has 2 atom stereocenters. The van der Waals surface area contributed by atoms with E-state index < -0.39 is 0 Å². The molecular weight excluding hydrogens is 328 g/mol. The molecule has 1 fully saturated rings. The SMILES string of the molecule is CC1CCCC(Nc2cccc(F)c2I)CC1. The molecule has 1 N–H and O–H groups in total. The van der Waals surface area contributed by atoms with Crippen molar-refractivity contribution in [3.63, 3.8) is 0 Å². The molecule has 0 spiro atoms. The summed E-state index contributed by atoms with van der Waals surface area (Å²) in [5.74, 6) is 0.714. The first-order chi connectivity index (χ1) is 8.16. The van der Waals surface area contributed by atoms with Gasteiger partial charge in [0.1, 0.15) is 5.82 Å². The van der Waals surface area contributed by atoms with Gasteiger partial charge in [0.25, 0.3) is 0 Å². The summed E-state index contributed by atoms with van der Waals surface area (Å²) in [5.41, 5.74) is 0.949. The van der Waals surface area contributed by atoms with Crippen LogP contribution < -0.4 is 5.32 Å². The Labute approximate surface area is 116 Å². The van der Waals surface area contributed by atoms with Gasteiger partial charge in [-0.3, -0.25) is 0 Å². The highest BCUT2D eigenvalue weighted by molar-refractivity contribution is 14.1. The minimum Gasteiger partial charge on any atom is -0.381 e. The maximum Gasteiger partial charge on any atom is 0.138 e. The normalized spacial score (nSPS) is 25.4. The van der Waals surface area contributed by atoms with Crippen molar-refractivity contribution in [3.05, 3.63) is 27.6 Å². The number of benzene rings is 1. The predicted molar refractivity (Wildman–Crippen MR) is 78.8 cm³/mol. The van der Waals surface area contributed by atoms with E-state index in [-0.39, 0.29) is 5.82 Å². The molecule has 0 aromatic heterocycles. The topological polar surface area (TPSA) is 12.0 Å². The molecule has 1 aliphatic carbocycles. The second kappa shape index (κ2) is 6.03. The highest BCUT2D eigenvalue weighted by Gasteiger charge is 2.17. The third kappa shape index (κ3) is 3.57. The molecule has 94 valence electrons. The molecule has 2 rings (SSSR count). The van der Waals surface area contributed by atoms with Gasteiger partial charge in [-0.1, -0.05) is 25.8 Å². The van der Waals surface area contributed by atoms with Crippen LogP contribution in [-0.4, -0.2) is 6.04 Å². The van der Waals surface area contributed by atoms with E-state index in [1.807, 2.05) is 6.07 Å². The molecule has 1 aliphatic rings. The van der Waals surface area contributed by atoms with Crippen LogP contribution in [0, 0.1) is 15.3 Å². The molecular formula is C14H19FIN. The van der Waals surface area contributed by atoms with E-state index in [2.05, 4.69) is 34.8 Å². The fourth-order valence-electron chi connectivity index (χ4n) is 2.47. The second-order valence-corrected chi connectivity index (χ2v) is 6.13. The Hall–Kier alpha value is -0.320. The quantitative estimate of drug-likeness (QED) is 0.598. The van der Waals surface area contributed by atoms with E-state index in [0.717, 1.165) is 11.6 Å². The summed E-state index contributed by atoms with van der Waals surface area (Å²) in [5, 5.41) is 3.50. The summed E-state index contributed by atoms with van der Waals surface area (Å²) in [6, 6.07) is 5.77. The minimum atomic E-state index is -0.127. The molecule has 3 heteroatoms. The van der Waals surface area contributed by atoms with Gasteiger partial charge in [0, 0.05) is 6.04 Å². The van der Waals surface area contributed by atoms with Crippen molar-refractivity contribution < 1.29 is 4.39 Å². The van der Waals surface area contributed by atoms with Gasteiger partial charge in [-0.15, -0.1) is 0 Å². The Morgan fingerprint density at radius 2 is 2.06 bits per heavy atom. The zero-order valence-corrected chi connectivity index (χ0v) is 12.3. The van der Waals surface area contributed by atoms with E-state index in [9.17, 15) is 4.39 Å². The lowest BCUT2D eigenvalue weighted by atomic mass is 10.0. The third-order valence-electron chi connectivity index (χ3n) is 3.57. The third-order valence-corrected chi connectivity index (χ3v) is 4.67. The lowest BCUT2D eigenvalue weighted by Crippen LogP contribution is -2.19. The van der Waals surface area contributed by atoms with Gasteiger partial charge in [-0.2, -0.15) is 0 Å². The highest BCUT2D eigenvalue weighted by atomic mass is 127. The van der Waals surface area contributed by atoms with E-state index in [1.165, 1.54) is 38.2 Å². The molecule has 0 saturated heterocycles. The van der Waals surface area contributed by atoms with Crippen LogP contribution in [0.3, 0.4) is 0 Å². The molecule has 17 heavy (non-hydrogen) atoms. The number of hydrogen-bond donors (Lipinski definition) is 1. The fourth-order valence-corrected chi connectivity index (χ4v) is 2.98. The number of rotatable bonds is 2. The van der Waals surface area contributed by atoms with Crippen LogP contribution in [0.1, 0.15) is 39.0 Å². The molecule has 1 aromatic rings. The standard InChI is InChI=1S/C14H19FIN/c1-10-4-2-5-11(9-8-10)17-13-7-3-6-12(15)14(13)16/h3,6-7,10-11,17H,2,4-5,8-9H2,1H3. The minimum absolute atomic E-state index is 0.127. The number of nitrogens with one attached hydrogen (secondary N) is 1. The van der Waals surface area contributed by atoms with Crippen molar-refractivity contribution in [3.8, 4) is 0 Å². The molecule has 1 aromatic carbocycles. The van der Waals surface area contributed by atoms with Gasteiger partial charge in [0.15, 0.2) is 0 Å². The summed E-state index contributed by atoms with van der Waals surface area (Å²) < 4.78 is 14.1. The summed E-state index contributed by atoms with van der Waals surface area (Å²) in [7, 11) is 0. The predicted octanol–water partition coefficient (Wildman–Crippen LogP) is 4.81. The zero-order chi connectivity index (χ0) is 12.3. The van der Waals surface area contributed by atoms with E-state index >= 15 is 0 Å². The van der Waals surface area contributed by atoms with E-state index in [0.29, 0.717) is 9.61 Å². The van der Waals surface area contributed by atoms with Crippen LogP contribution in [0.2, 0.25) is 0 Å². The molecule has 0 bridgehead atoms. The Morgan fingerprint density at radius 3 is 2.88 bits per heavy atom. The summed E-state index contributed by atoms with van der Waals surface area (Å²) in [6.45, 7) is 2.33. The molecule has 0 aliphatic heterocycles.